The minimum Gasteiger partial charge on any atom is -0.507 e. The molecule has 0 spiro atoms. The molecule has 0 fully saturated rings. The lowest BCUT2D eigenvalue weighted by Crippen LogP contribution is -2.30. The third-order valence-corrected chi connectivity index (χ3v) is 3.74. The van der Waals surface area contributed by atoms with Crippen molar-refractivity contribution in [2.24, 2.45) is 0 Å². The van der Waals surface area contributed by atoms with Crippen LogP contribution in [0.3, 0.4) is 0 Å². The molecule has 21 heavy (non-hydrogen) atoms. The van der Waals surface area contributed by atoms with Crippen LogP contribution in [-0.2, 0) is 6.54 Å². The monoisotopic (exact) mass is 303 g/mol. The lowest BCUT2D eigenvalue weighted by Gasteiger charge is -2.22. The van der Waals surface area contributed by atoms with E-state index in [9.17, 15) is 9.90 Å². The zero-order valence-corrected chi connectivity index (χ0v) is 12.9. The minimum absolute atomic E-state index is 0.00297. The average Bonchev–Trinajstić information content (AvgIpc) is 2.48. The summed E-state index contributed by atoms with van der Waals surface area (Å²) in [5.41, 5.74) is 2.15. The quantitative estimate of drug-likeness (QED) is 0.927. The number of hydrogen-bond acceptors (Lipinski definition) is 2. The van der Waals surface area contributed by atoms with E-state index in [0.717, 1.165) is 11.1 Å². The van der Waals surface area contributed by atoms with Gasteiger partial charge in [0.25, 0.3) is 5.91 Å². The Labute approximate surface area is 129 Å². The van der Waals surface area contributed by atoms with Crippen LogP contribution in [-0.4, -0.2) is 22.5 Å². The Balaban J connectivity index is 2.27. The highest BCUT2D eigenvalue weighted by Crippen LogP contribution is 2.22. The van der Waals surface area contributed by atoms with Gasteiger partial charge in [-0.25, -0.2) is 0 Å². The third-order valence-electron chi connectivity index (χ3n) is 3.37. The first-order valence-electron chi connectivity index (χ1n) is 6.85. The summed E-state index contributed by atoms with van der Waals surface area (Å²) in [6, 6.07) is 12.5. The molecule has 0 saturated heterocycles. The van der Waals surface area contributed by atoms with E-state index in [-0.39, 0.29) is 11.7 Å². The number of aryl methyl sites for hydroxylation is 1. The van der Waals surface area contributed by atoms with Crippen LogP contribution in [0.25, 0.3) is 0 Å². The summed E-state index contributed by atoms with van der Waals surface area (Å²) in [6.45, 7) is 4.75. The van der Waals surface area contributed by atoms with Gasteiger partial charge in [0.1, 0.15) is 5.75 Å². The summed E-state index contributed by atoms with van der Waals surface area (Å²) in [7, 11) is 0. The van der Waals surface area contributed by atoms with Crippen molar-refractivity contribution in [3.8, 4) is 5.75 Å². The van der Waals surface area contributed by atoms with Crippen molar-refractivity contribution in [1.29, 1.82) is 0 Å². The molecule has 4 heteroatoms. The molecule has 0 bridgehead atoms. The molecule has 0 aliphatic carbocycles. The van der Waals surface area contributed by atoms with Crippen molar-refractivity contribution < 1.29 is 9.90 Å². The van der Waals surface area contributed by atoms with E-state index in [0.29, 0.717) is 23.7 Å². The fraction of sp³-hybridized carbons (Fsp3) is 0.235. The van der Waals surface area contributed by atoms with Gasteiger partial charge in [-0.1, -0.05) is 41.4 Å². The maximum Gasteiger partial charge on any atom is 0.257 e. The first-order chi connectivity index (χ1) is 10.0. The summed E-state index contributed by atoms with van der Waals surface area (Å²) < 4.78 is 0. The van der Waals surface area contributed by atoms with Gasteiger partial charge in [0.2, 0.25) is 0 Å². The molecule has 3 nitrogen and oxygen atoms in total. The van der Waals surface area contributed by atoms with Gasteiger partial charge < -0.3 is 10.0 Å². The third kappa shape index (κ3) is 3.56. The zero-order valence-electron chi connectivity index (χ0n) is 12.1. The van der Waals surface area contributed by atoms with Crippen molar-refractivity contribution >= 4 is 17.5 Å². The van der Waals surface area contributed by atoms with Crippen LogP contribution in [0.4, 0.5) is 0 Å². The maximum absolute atomic E-state index is 12.6. The molecule has 0 radical (unpaired) electrons. The number of carbonyl (C=O) groups is 1. The van der Waals surface area contributed by atoms with E-state index in [2.05, 4.69) is 0 Å². The van der Waals surface area contributed by atoms with E-state index < -0.39 is 0 Å². The second-order valence-corrected chi connectivity index (χ2v) is 5.34. The van der Waals surface area contributed by atoms with Gasteiger partial charge in [-0.05, 0) is 37.6 Å². The maximum atomic E-state index is 12.6. The van der Waals surface area contributed by atoms with Crippen LogP contribution in [0.1, 0.15) is 28.4 Å². The molecule has 1 amide bonds. The highest BCUT2D eigenvalue weighted by molar-refractivity contribution is 6.31. The number of carbonyl (C=O) groups excluding carboxylic acids is 1. The Morgan fingerprint density at radius 3 is 2.62 bits per heavy atom. The van der Waals surface area contributed by atoms with E-state index in [1.165, 1.54) is 0 Å². The van der Waals surface area contributed by atoms with Crippen LogP contribution in [0.2, 0.25) is 5.02 Å². The highest BCUT2D eigenvalue weighted by Gasteiger charge is 2.18. The second kappa shape index (κ2) is 6.64. The van der Waals surface area contributed by atoms with Gasteiger partial charge in [-0.2, -0.15) is 0 Å². The fourth-order valence-corrected chi connectivity index (χ4v) is 2.35. The largest absolute Gasteiger partial charge is 0.507 e. The number of aromatic hydroxyl groups is 1. The standard InChI is InChI=1S/C17H18ClNO2/c1-3-19(11-13-6-4-5-7-15(13)18)17(21)14-10-12(2)8-9-16(14)20/h4-10,20H,3,11H2,1-2H3. The van der Waals surface area contributed by atoms with E-state index in [4.69, 9.17) is 11.6 Å². The SMILES string of the molecule is CCN(Cc1ccccc1Cl)C(=O)c1cc(C)ccc1O. The molecular weight excluding hydrogens is 286 g/mol. The number of phenols is 1. The summed E-state index contributed by atoms with van der Waals surface area (Å²) in [4.78, 5) is 14.2. The Hall–Kier alpha value is -2.00. The molecule has 0 aliphatic heterocycles. The van der Waals surface area contributed by atoms with Gasteiger partial charge >= 0.3 is 0 Å². The number of nitrogens with zero attached hydrogens (tertiary/aromatic N) is 1. The predicted octanol–water partition coefficient (Wildman–Crippen LogP) is 4.02. The molecule has 0 saturated carbocycles. The highest BCUT2D eigenvalue weighted by atomic mass is 35.5. The normalized spacial score (nSPS) is 10.4. The number of hydrogen-bond donors (Lipinski definition) is 1. The molecule has 0 aromatic heterocycles. The van der Waals surface area contributed by atoms with Gasteiger partial charge in [-0.15, -0.1) is 0 Å². The van der Waals surface area contributed by atoms with Gasteiger partial charge in [0, 0.05) is 18.1 Å². The van der Waals surface area contributed by atoms with Crippen molar-refractivity contribution in [3.05, 3.63) is 64.2 Å². The second-order valence-electron chi connectivity index (χ2n) is 4.93. The summed E-state index contributed by atoms with van der Waals surface area (Å²) >= 11 is 6.15. The lowest BCUT2D eigenvalue weighted by atomic mass is 10.1. The van der Waals surface area contributed by atoms with E-state index in [1.807, 2.05) is 32.0 Å². The lowest BCUT2D eigenvalue weighted by molar-refractivity contribution is 0.0749. The van der Waals surface area contributed by atoms with Gasteiger partial charge in [0.15, 0.2) is 0 Å². The van der Waals surface area contributed by atoms with Gasteiger partial charge in [0.05, 0.1) is 5.56 Å². The number of rotatable bonds is 4. The Morgan fingerprint density at radius 2 is 1.95 bits per heavy atom. The first kappa shape index (κ1) is 15.4. The summed E-state index contributed by atoms with van der Waals surface area (Å²) in [5.74, 6) is -0.193. The van der Waals surface area contributed by atoms with Crippen LogP contribution >= 0.6 is 11.6 Å². The van der Waals surface area contributed by atoms with E-state index >= 15 is 0 Å². The molecule has 1 N–H and O–H groups in total. The fourth-order valence-electron chi connectivity index (χ4n) is 2.15. The molecule has 110 valence electrons. The van der Waals surface area contributed by atoms with Crippen molar-refractivity contribution in [2.45, 2.75) is 20.4 Å². The number of halogens is 1. The molecule has 0 unspecified atom stereocenters. The predicted molar refractivity (Wildman–Crippen MR) is 84.7 cm³/mol. The van der Waals surface area contributed by atoms with Gasteiger partial charge in [-0.3, -0.25) is 4.79 Å². The van der Waals surface area contributed by atoms with Crippen LogP contribution in [0, 0.1) is 6.92 Å². The van der Waals surface area contributed by atoms with Crippen LogP contribution in [0.15, 0.2) is 42.5 Å². The van der Waals surface area contributed by atoms with Crippen molar-refractivity contribution in [3.63, 3.8) is 0 Å². The Bertz CT molecular complexity index is 655. The minimum atomic E-state index is -0.196. The topological polar surface area (TPSA) is 40.5 Å². The molecular formula is C17H18ClNO2. The zero-order chi connectivity index (χ0) is 15.4. The van der Waals surface area contributed by atoms with Crippen molar-refractivity contribution in [2.75, 3.05) is 6.54 Å². The Kier molecular flexibility index (Phi) is 4.86. The summed E-state index contributed by atoms with van der Waals surface area (Å²) in [5, 5.41) is 10.5. The molecule has 2 aromatic rings. The summed E-state index contributed by atoms with van der Waals surface area (Å²) in [6.07, 6.45) is 0. The molecule has 2 aromatic carbocycles. The molecule has 0 aliphatic rings. The van der Waals surface area contributed by atoms with Crippen molar-refractivity contribution in [1.82, 2.24) is 4.90 Å². The number of phenolic OH excluding ortho intramolecular Hbond substituents is 1. The number of amides is 1. The van der Waals surface area contributed by atoms with E-state index in [1.54, 1.807) is 29.2 Å². The van der Waals surface area contributed by atoms with Crippen LogP contribution < -0.4 is 0 Å². The van der Waals surface area contributed by atoms with Crippen LogP contribution in [0.5, 0.6) is 5.75 Å². The number of benzene rings is 2. The Morgan fingerprint density at radius 1 is 1.24 bits per heavy atom. The average molecular weight is 304 g/mol. The molecule has 0 heterocycles. The first-order valence-corrected chi connectivity index (χ1v) is 7.23. The smallest absolute Gasteiger partial charge is 0.257 e. The molecule has 2 rings (SSSR count). The molecule has 0 atom stereocenters.